The number of halogens is 1. The molecule has 0 bridgehead atoms. The topological polar surface area (TPSA) is 0 Å². The van der Waals surface area contributed by atoms with E-state index in [0.717, 1.165) is 6.16 Å². The van der Waals surface area contributed by atoms with Gasteiger partial charge in [-0.3, -0.25) is 0 Å². The summed E-state index contributed by atoms with van der Waals surface area (Å²) in [4.78, 5) is 0. The molecule has 0 saturated carbocycles. The minimum absolute atomic E-state index is 0. The van der Waals surface area contributed by atoms with E-state index in [0.29, 0.717) is 0 Å². The van der Waals surface area contributed by atoms with Crippen molar-refractivity contribution in [2.45, 2.75) is 6.92 Å². The average molecular weight is 361 g/mol. The second kappa shape index (κ2) is 7.14. The SMILES string of the molecule is CCP(P)(c1ccccc1)(c1ccccc1)c1ccccc1.Cl. The van der Waals surface area contributed by atoms with Crippen molar-refractivity contribution in [1.82, 2.24) is 0 Å². The molecular weight excluding hydrogens is 338 g/mol. The van der Waals surface area contributed by atoms with Crippen LogP contribution in [-0.4, -0.2) is 6.16 Å². The quantitative estimate of drug-likeness (QED) is 0.589. The van der Waals surface area contributed by atoms with Crippen molar-refractivity contribution in [3.8, 4) is 0 Å². The molecule has 0 saturated heterocycles. The summed E-state index contributed by atoms with van der Waals surface area (Å²) >= 11 is 0. The molecule has 3 rings (SSSR count). The second-order valence-corrected chi connectivity index (χ2v) is 14.1. The van der Waals surface area contributed by atoms with Gasteiger partial charge in [-0.2, -0.15) is 0 Å². The number of rotatable bonds is 4. The smallest absolute Gasteiger partial charge is 0.147 e. The molecular formula is C20H23ClP2. The second-order valence-electron chi connectivity index (χ2n) is 5.70. The summed E-state index contributed by atoms with van der Waals surface area (Å²) in [6, 6.07) is 32.9. The molecule has 1 unspecified atom stereocenters. The minimum atomic E-state index is -2.48. The molecule has 0 radical (unpaired) electrons. The zero-order valence-corrected chi connectivity index (χ0v) is 16.2. The monoisotopic (exact) mass is 360 g/mol. The summed E-state index contributed by atoms with van der Waals surface area (Å²) in [6.07, 6.45) is -1.39. The van der Waals surface area contributed by atoms with E-state index in [2.05, 4.69) is 107 Å². The van der Waals surface area contributed by atoms with Crippen LogP contribution < -0.4 is 15.9 Å². The summed E-state index contributed by atoms with van der Waals surface area (Å²) in [7, 11) is 3.32. The number of hydrogen-bond donors (Lipinski definition) is 0. The molecule has 3 heteroatoms. The van der Waals surface area contributed by atoms with Crippen molar-refractivity contribution in [2.24, 2.45) is 0 Å². The van der Waals surface area contributed by atoms with Crippen LogP contribution in [0.3, 0.4) is 0 Å². The standard InChI is InChI=1S/C20H22P2.ClH/c1-2-22(21,18-12-6-3-7-13-18,19-14-8-4-9-15-19)20-16-10-5-11-17-20;/h3-17H,2,21H2,1H3;1H. The van der Waals surface area contributed by atoms with Gasteiger partial charge in [-0.25, -0.2) is 0 Å². The largest absolute Gasteiger partial charge is 0.147 e. The molecule has 0 spiro atoms. The maximum atomic E-state index is 3.32. The van der Waals surface area contributed by atoms with Crippen LogP contribution in [0.2, 0.25) is 0 Å². The molecule has 0 nitrogen and oxygen atoms in total. The van der Waals surface area contributed by atoms with E-state index in [9.17, 15) is 0 Å². The summed E-state index contributed by atoms with van der Waals surface area (Å²) in [5.41, 5.74) is 0. The van der Waals surface area contributed by atoms with Gasteiger partial charge in [-0.1, -0.05) is 0 Å². The third kappa shape index (κ3) is 2.85. The van der Waals surface area contributed by atoms with Crippen molar-refractivity contribution in [3.05, 3.63) is 91.0 Å². The average Bonchev–Trinajstić information content (AvgIpc) is 2.63. The maximum absolute atomic E-state index is 3.32. The van der Waals surface area contributed by atoms with Crippen molar-refractivity contribution in [1.29, 1.82) is 0 Å². The van der Waals surface area contributed by atoms with Gasteiger partial charge in [0.25, 0.3) is 0 Å². The molecule has 0 aromatic heterocycles. The molecule has 120 valence electrons. The first-order valence-corrected chi connectivity index (χ1v) is 11.7. The van der Waals surface area contributed by atoms with Gasteiger partial charge in [0, 0.05) is 0 Å². The van der Waals surface area contributed by atoms with E-state index in [4.69, 9.17) is 0 Å². The normalized spacial score (nSPS) is 12.7. The molecule has 0 N–H and O–H groups in total. The fraction of sp³-hybridized carbons (Fsp3) is 0.100. The van der Waals surface area contributed by atoms with Crippen molar-refractivity contribution < 1.29 is 0 Å². The molecule has 0 fully saturated rings. The van der Waals surface area contributed by atoms with Crippen LogP contribution in [0.5, 0.6) is 0 Å². The minimum Gasteiger partial charge on any atom is -0.147 e. The van der Waals surface area contributed by atoms with E-state index in [1.807, 2.05) is 0 Å². The molecule has 3 aromatic rings. The Bertz CT molecular complexity index is 643. The van der Waals surface area contributed by atoms with Crippen LogP contribution >= 0.6 is 27.6 Å². The molecule has 0 aliphatic rings. The predicted octanol–water partition coefficient (Wildman–Crippen LogP) is 4.75. The summed E-state index contributed by atoms with van der Waals surface area (Å²) in [6.45, 7) is 2.32. The Labute approximate surface area is 147 Å². The van der Waals surface area contributed by atoms with Gasteiger partial charge in [-0.15, -0.1) is 12.4 Å². The first-order chi connectivity index (χ1) is 10.7. The van der Waals surface area contributed by atoms with E-state index in [1.165, 1.54) is 15.9 Å². The molecule has 0 heterocycles. The van der Waals surface area contributed by atoms with Crippen molar-refractivity contribution in [3.63, 3.8) is 0 Å². The van der Waals surface area contributed by atoms with E-state index >= 15 is 0 Å². The molecule has 0 amide bonds. The number of hydrogen-bond acceptors (Lipinski definition) is 0. The zero-order chi connectivity index (χ0) is 15.5. The summed E-state index contributed by atoms with van der Waals surface area (Å²) < 4.78 is 0. The van der Waals surface area contributed by atoms with E-state index in [1.54, 1.807) is 0 Å². The van der Waals surface area contributed by atoms with Gasteiger partial charge in [0.1, 0.15) is 0 Å². The van der Waals surface area contributed by atoms with Gasteiger partial charge in [0.05, 0.1) is 0 Å². The Kier molecular flexibility index (Phi) is 5.64. The van der Waals surface area contributed by atoms with Gasteiger partial charge in [0.15, 0.2) is 0 Å². The van der Waals surface area contributed by atoms with Gasteiger partial charge < -0.3 is 0 Å². The Morgan fingerprint density at radius 2 is 0.870 bits per heavy atom. The van der Waals surface area contributed by atoms with Crippen LogP contribution in [0, 0.1) is 0 Å². The van der Waals surface area contributed by atoms with Crippen molar-refractivity contribution in [2.75, 3.05) is 6.16 Å². The molecule has 0 aliphatic carbocycles. The third-order valence-corrected chi connectivity index (χ3v) is 14.2. The van der Waals surface area contributed by atoms with Crippen LogP contribution in [0.1, 0.15) is 6.92 Å². The molecule has 1 atom stereocenters. The zero-order valence-electron chi connectivity index (χ0n) is 13.3. The first kappa shape index (κ1) is 18.2. The van der Waals surface area contributed by atoms with E-state index in [-0.39, 0.29) is 12.4 Å². The summed E-state index contributed by atoms with van der Waals surface area (Å²) in [5.74, 6) is 0. The van der Waals surface area contributed by atoms with E-state index < -0.39 is 6.29 Å². The van der Waals surface area contributed by atoms with Crippen LogP contribution in [0.25, 0.3) is 0 Å². The number of benzene rings is 3. The Morgan fingerprint density at radius 3 is 1.09 bits per heavy atom. The Hall–Kier alpha value is -1.19. The predicted molar refractivity (Wildman–Crippen MR) is 113 cm³/mol. The van der Waals surface area contributed by atoms with Crippen LogP contribution in [-0.2, 0) is 0 Å². The maximum Gasteiger partial charge on any atom is -0.147 e. The molecule has 3 aromatic carbocycles. The van der Waals surface area contributed by atoms with Gasteiger partial charge in [-0.05, 0) is 0 Å². The first-order valence-electron chi connectivity index (χ1n) is 7.68. The molecule has 0 aliphatic heterocycles. The fourth-order valence-electron chi connectivity index (χ4n) is 3.30. The van der Waals surface area contributed by atoms with Crippen LogP contribution in [0.4, 0.5) is 0 Å². The summed E-state index contributed by atoms with van der Waals surface area (Å²) in [5, 5.41) is 4.29. The molecule has 23 heavy (non-hydrogen) atoms. The fourth-order valence-corrected chi connectivity index (χ4v) is 9.40. The van der Waals surface area contributed by atoms with Gasteiger partial charge >= 0.3 is 135 Å². The third-order valence-electron chi connectivity index (χ3n) is 4.70. The van der Waals surface area contributed by atoms with Crippen molar-refractivity contribution >= 4 is 43.5 Å². The Morgan fingerprint density at radius 1 is 0.609 bits per heavy atom. The van der Waals surface area contributed by atoms with Crippen LogP contribution in [0.15, 0.2) is 91.0 Å². The Balaban J connectivity index is 0.00000192. The van der Waals surface area contributed by atoms with Gasteiger partial charge in [0.2, 0.25) is 0 Å².